The number of rotatable bonds is 4. The number of hydrogen-bond donors (Lipinski definition) is 2. The molecule has 1 saturated carbocycles. The van der Waals surface area contributed by atoms with Gasteiger partial charge in [0, 0.05) is 17.5 Å². The van der Waals surface area contributed by atoms with Gasteiger partial charge in [-0.1, -0.05) is 23.7 Å². The summed E-state index contributed by atoms with van der Waals surface area (Å²) in [5.74, 6) is -0.851. The number of hydrogen-bond acceptors (Lipinski definition) is 4. The smallest absolute Gasteiger partial charge is 0.183 e. The van der Waals surface area contributed by atoms with E-state index in [1.165, 1.54) is 36.4 Å². The number of nitrogens with two attached hydrogens (primary N) is 2. The highest BCUT2D eigenvalue weighted by Gasteiger charge is 2.68. The maximum Gasteiger partial charge on any atom is 0.183 e. The van der Waals surface area contributed by atoms with E-state index in [9.17, 15) is 12.8 Å². The van der Waals surface area contributed by atoms with Gasteiger partial charge in [0.05, 0.1) is 15.7 Å². The van der Waals surface area contributed by atoms with Gasteiger partial charge in [0.15, 0.2) is 9.84 Å². The van der Waals surface area contributed by atoms with Crippen molar-refractivity contribution in [2.24, 2.45) is 11.5 Å². The summed E-state index contributed by atoms with van der Waals surface area (Å²) >= 11 is 5.80. The fourth-order valence-corrected chi connectivity index (χ4v) is 5.51. The van der Waals surface area contributed by atoms with Crippen molar-refractivity contribution >= 4 is 21.4 Å². The lowest BCUT2D eigenvalue weighted by molar-refractivity contribution is 0.586. The fraction of sp³-hybridized carbons (Fsp3) is 0.250. The molecule has 2 aromatic carbocycles. The topological polar surface area (TPSA) is 86.2 Å². The van der Waals surface area contributed by atoms with Crippen LogP contribution in [0.4, 0.5) is 4.39 Å². The van der Waals surface area contributed by atoms with Gasteiger partial charge in [-0.3, -0.25) is 0 Å². The SMILES string of the molecule is NC[C@]1(N)[C@@H](c2ccc(F)cc2)[C@@H]1S(=O)(=O)c1ccc(Cl)cc1. The molecule has 0 spiro atoms. The molecule has 4 nitrogen and oxygen atoms in total. The predicted octanol–water partition coefficient (Wildman–Crippen LogP) is 2.08. The molecule has 0 heterocycles. The molecule has 0 aliphatic heterocycles. The lowest BCUT2D eigenvalue weighted by Gasteiger charge is -2.09. The Morgan fingerprint density at radius 2 is 1.65 bits per heavy atom. The standard InChI is InChI=1S/C16H16ClFN2O2S/c17-11-3-7-13(8-4-11)23(21,22)15-14(16(15,20)9-19)10-1-5-12(18)6-2-10/h1-8,14-15H,9,19-20H2/t14-,15-,16-/m0/s1. The molecule has 0 amide bonds. The summed E-state index contributed by atoms with van der Waals surface area (Å²) in [7, 11) is -3.67. The van der Waals surface area contributed by atoms with E-state index in [1.54, 1.807) is 12.1 Å². The van der Waals surface area contributed by atoms with Gasteiger partial charge in [0.2, 0.25) is 0 Å². The number of benzene rings is 2. The molecule has 1 fully saturated rings. The van der Waals surface area contributed by atoms with E-state index < -0.39 is 26.5 Å². The Hall–Kier alpha value is -1.47. The van der Waals surface area contributed by atoms with Crippen molar-refractivity contribution in [1.82, 2.24) is 0 Å². The van der Waals surface area contributed by atoms with Crippen LogP contribution in [-0.2, 0) is 9.84 Å². The van der Waals surface area contributed by atoms with Crippen molar-refractivity contribution in [3.05, 3.63) is 64.9 Å². The molecule has 4 N–H and O–H groups in total. The van der Waals surface area contributed by atoms with Crippen molar-refractivity contribution in [2.45, 2.75) is 21.6 Å². The molecule has 7 heteroatoms. The van der Waals surface area contributed by atoms with Gasteiger partial charge in [0.1, 0.15) is 5.82 Å². The van der Waals surface area contributed by atoms with Crippen LogP contribution in [-0.4, -0.2) is 25.8 Å². The van der Waals surface area contributed by atoms with E-state index in [0.717, 1.165) is 0 Å². The Kier molecular flexibility index (Phi) is 3.96. The van der Waals surface area contributed by atoms with Crippen molar-refractivity contribution in [2.75, 3.05) is 6.54 Å². The maximum absolute atomic E-state index is 13.1. The molecule has 3 atom stereocenters. The van der Waals surface area contributed by atoms with Crippen LogP contribution >= 0.6 is 11.6 Å². The molecule has 0 bridgehead atoms. The van der Waals surface area contributed by atoms with E-state index in [2.05, 4.69) is 0 Å². The molecule has 0 unspecified atom stereocenters. The normalized spacial score (nSPS) is 27.0. The van der Waals surface area contributed by atoms with Crippen LogP contribution in [0.2, 0.25) is 5.02 Å². The summed E-state index contributed by atoms with van der Waals surface area (Å²) < 4.78 is 38.8. The summed E-state index contributed by atoms with van der Waals surface area (Å²) in [6, 6.07) is 11.6. The Morgan fingerprint density at radius 1 is 1.09 bits per heavy atom. The van der Waals surface area contributed by atoms with E-state index >= 15 is 0 Å². The third kappa shape index (κ3) is 2.65. The van der Waals surface area contributed by atoms with E-state index in [0.29, 0.717) is 10.6 Å². The summed E-state index contributed by atoms with van der Waals surface area (Å²) in [6.45, 7) is 0.0204. The molecule has 1 aliphatic rings. The van der Waals surface area contributed by atoms with Gasteiger partial charge in [-0.05, 0) is 42.0 Å². The van der Waals surface area contributed by atoms with E-state index in [-0.39, 0.29) is 17.3 Å². The Labute approximate surface area is 139 Å². The largest absolute Gasteiger partial charge is 0.329 e. The van der Waals surface area contributed by atoms with Crippen LogP contribution in [0.5, 0.6) is 0 Å². The average Bonchev–Trinajstić information content (AvgIpc) is 3.16. The third-order valence-corrected chi connectivity index (χ3v) is 6.92. The van der Waals surface area contributed by atoms with Crippen molar-refractivity contribution in [1.29, 1.82) is 0 Å². The second kappa shape index (κ2) is 5.56. The van der Waals surface area contributed by atoms with Crippen LogP contribution < -0.4 is 11.5 Å². The highest BCUT2D eigenvalue weighted by atomic mass is 35.5. The van der Waals surface area contributed by atoms with Gasteiger partial charge in [0.25, 0.3) is 0 Å². The van der Waals surface area contributed by atoms with Crippen LogP contribution in [0.15, 0.2) is 53.4 Å². The first-order chi connectivity index (χ1) is 10.8. The Morgan fingerprint density at radius 3 is 2.17 bits per heavy atom. The lowest BCUT2D eigenvalue weighted by Crippen LogP contribution is -2.39. The molecule has 0 radical (unpaired) electrons. The van der Waals surface area contributed by atoms with E-state index in [1.807, 2.05) is 0 Å². The first kappa shape index (κ1) is 16.4. The van der Waals surface area contributed by atoms with Crippen LogP contribution in [0.25, 0.3) is 0 Å². The summed E-state index contributed by atoms with van der Waals surface area (Å²) in [6.07, 6.45) is 0. The first-order valence-electron chi connectivity index (χ1n) is 7.04. The van der Waals surface area contributed by atoms with Gasteiger partial charge in [-0.2, -0.15) is 0 Å². The molecule has 0 saturated heterocycles. The minimum Gasteiger partial charge on any atom is -0.329 e. The molecule has 23 heavy (non-hydrogen) atoms. The minimum atomic E-state index is -3.67. The summed E-state index contributed by atoms with van der Waals surface area (Å²) in [5, 5.41) is -0.390. The van der Waals surface area contributed by atoms with E-state index in [4.69, 9.17) is 23.1 Å². The molecule has 2 aromatic rings. The molecule has 0 aromatic heterocycles. The minimum absolute atomic E-state index is 0.0204. The molecular weight excluding hydrogens is 339 g/mol. The van der Waals surface area contributed by atoms with Crippen LogP contribution in [0, 0.1) is 5.82 Å². The third-order valence-electron chi connectivity index (χ3n) is 4.36. The summed E-state index contributed by atoms with van der Waals surface area (Å²) in [4.78, 5) is 0.153. The van der Waals surface area contributed by atoms with Crippen molar-refractivity contribution < 1.29 is 12.8 Å². The molecule has 122 valence electrons. The van der Waals surface area contributed by atoms with Crippen LogP contribution in [0.1, 0.15) is 11.5 Å². The highest BCUT2D eigenvalue weighted by Crippen LogP contribution is 2.55. The fourth-order valence-electron chi connectivity index (χ4n) is 3.06. The second-order valence-corrected chi connectivity index (χ2v) is 8.27. The maximum atomic E-state index is 13.1. The van der Waals surface area contributed by atoms with Gasteiger partial charge < -0.3 is 11.5 Å². The van der Waals surface area contributed by atoms with Crippen LogP contribution in [0.3, 0.4) is 0 Å². The first-order valence-corrected chi connectivity index (χ1v) is 8.97. The highest BCUT2D eigenvalue weighted by molar-refractivity contribution is 7.92. The number of halogens is 2. The molecule has 1 aliphatic carbocycles. The molecular formula is C16H16ClFN2O2S. The lowest BCUT2D eigenvalue weighted by atomic mass is 10.1. The average molecular weight is 355 g/mol. The zero-order chi connectivity index (χ0) is 16.8. The zero-order valence-corrected chi connectivity index (χ0v) is 13.7. The second-order valence-electron chi connectivity index (χ2n) is 5.77. The van der Waals surface area contributed by atoms with Crippen molar-refractivity contribution in [3.8, 4) is 0 Å². The molecule has 3 rings (SSSR count). The van der Waals surface area contributed by atoms with Gasteiger partial charge in [-0.15, -0.1) is 0 Å². The Bertz CT molecular complexity index is 824. The van der Waals surface area contributed by atoms with Gasteiger partial charge >= 0.3 is 0 Å². The van der Waals surface area contributed by atoms with Crippen molar-refractivity contribution in [3.63, 3.8) is 0 Å². The Balaban J connectivity index is 2.01. The number of sulfone groups is 1. The predicted molar refractivity (Wildman–Crippen MR) is 87.5 cm³/mol. The summed E-state index contributed by atoms with van der Waals surface area (Å²) in [5.41, 5.74) is 11.6. The monoisotopic (exact) mass is 354 g/mol. The van der Waals surface area contributed by atoms with Gasteiger partial charge in [-0.25, -0.2) is 12.8 Å². The zero-order valence-electron chi connectivity index (χ0n) is 12.1. The quantitative estimate of drug-likeness (QED) is 0.880.